The Balaban J connectivity index is 1.37. The zero-order valence-corrected chi connectivity index (χ0v) is 25.6. The van der Waals surface area contributed by atoms with E-state index in [-0.39, 0.29) is 75.8 Å². The standard InChI is InChI=1S/C46H28N2S/c1-3-15-33-29(10-1)12-7-19-39(33)43-28-41(46(49-43)40-20-8-13-30-11-2-4-16-34(30)40)37-24-25-38(36-18-6-5-17-35(36)37)42-26-23-32-22-21-31-14-9-27-47-44(31)45(32)48-42/h1-28H/i1D,2D,3D,4D,7D,8D,9D,10D,11D,12D,13D,14D,15D,16D,19D,20D,21D,22D,23D,26D,27D,28D. The summed E-state index contributed by atoms with van der Waals surface area (Å²) in [6.45, 7) is 0. The molecule has 0 atom stereocenters. The number of fused-ring (bicyclic) bond motifs is 6. The van der Waals surface area contributed by atoms with E-state index in [1.54, 1.807) is 24.3 Å². The molecule has 10 rings (SSSR count). The van der Waals surface area contributed by atoms with Gasteiger partial charge < -0.3 is 0 Å². The Kier molecular flexibility index (Phi) is 3.15. The van der Waals surface area contributed by atoms with Crippen LogP contribution in [0.1, 0.15) is 30.2 Å². The second-order valence-corrected chi connectivity index (χ2v) is 11.9. The van der Waals surface area contributed by atoms with Gasteiger partial charge in [-0.15, -0.1) is 11.3 Å². The van der Waals surface area contributed by atoms with Crippen LogP contribution in [0.25, 0.3) is 97.4 Å². The lowest BCUT2D eigenvalue weighted by atomic mass is 9.91. The minimum atomic E-state index is -0.740. The third kappa shape index (κ3) is 4.55. The SMILES string of the molecule is [2H]c1nc2c(c([2H])c1[2H])c([2H])c([2H])c1c([2H])c([2H])c(-c3ccc(-c4c(-c5c([2H])c([2H])c([2H])c6c([2H])c([2H])c([2H])c([2H])c56)sc(-c5c([2H])c([2H])c([2H])c6c([2H])c([2H])c([2H])c([2H])c56)c4[2H])c4ccccc34)nc12. The van der Waals surface area contributed by atoms with E-state index >= 15 is 0 Å². The normalized spacial score (nSPS) is 18.0. The van der Waals surface area contributed by atoms with Gasteiger partial charge >= 0.3 is 0 Å². The average Bonchev–Trinajstić information content (AvgIpc) is 3.68. The van der Waals surface area contributed by atoms with Crippen molar-refractivity contribution in [3.05, 3.63) is 169 Å². The zero-order chi connectivity index (χ0) is 51.5. The highest BCUT2D eigenvalue weighted by molar-refractivity contribution is 7.19. The summed E-state index contributed by atoms with van der Waals surface area (Å²) in [5.41, 5.74) is -0.924. The highest BCUT2D eigenvalue weighted by Crippen LogP contribution is 2.48. The van der Waals surface area contributed by atoms with Crippen LogP contribution in [-0.4, -0.2) is 9.97 Å². The van der Waals surface area contributed by atoms with E-state index in [0.717, 1.165) is 0 Å². The van der Waals surface area contributed by atoms with Gasteiger partial charge in [0.15, 0.2) is 0 Å². The van der Waals surface area contributed by atoms with Crippen molar-refractivity contribution in [3.63, 3.8) is 0 Å². The summed E-state index contributed by atoms with van der Waals surface area (Å²) >= 11 is 0.672. The molecule has 49 heavy (non-hydrogen) atoms. The van der Waals surface area contributed by atoms with Gasteiger partial charge in [-0.05, 0) is 61.6 Å². The molecular formula is C46H28N2S. The van der Waals surface area contributed by atoms with Crippen LogP contribution in [0.15, 0.2) is 169 Å². The van der Waals surface area contributed by atoms with Crippen molar-refractivity contribution in [2.75, 3.05) is 0 Å². The maximum atomic E-state index is 10.0. The quantitative estimate of drug-likeness (QED) is 0.175. The molecule has 0 fully saturated rings. The van der Waals surface area contributed by atoms with Gasteiger partial charge in [0, 0.05) is 43.4 Å². The van der Waals surface area contributed by atoms with Crippen molar-refractivity contribution in [3.8, 4) is 43.3 Å². The lowest BCUT2D eigenvalue weighted by Gasteiger charge is -2.14. The molecule has 10 aromatic rings. The molecule has 0 aliphatic rings. The highest BCUT2D eigenvalue weighted by atomic mass is 32.1. The van der Waals surface area contributed by atoms with Crippen LogP contribution in [0.2, 0.25) is 0 Å². The largest absolute Gasteiger partial charge is 0.254 e. The van der Waals surface area contributed by atoms with Crippen LogP contribution in [0.4, 0.5) is 0 Å². The molecule has 0 saturated carbocycles. The lowest BCUT2D eigenvalue weighted by molar-refractivity contribution is 1.37. The molecule has 0 aliphatic heterocycles. The third-order valence-electron chi connectivity index (χ3n) is 8.15. The van der Waals surface area contributed by atoms with Gasteiger partial charge in [0.05, 0.1) is 46.9 Å². The molecule has 3 heteroatoms. The first kappa shape index (κ1) is 13.8. The number of thiophene rings is 1. The molecule has 0 unspecified atom stereocenters. The summed E-state index contributed by atoms with van der Waals surface area (Å²) in [6.07, 6.45) is -0.618. The molecule has 0 saturated heterocycles. The van der Waals surface area contributed by atoms with E-state index in [0.29, 0.717) is 22.1 Å². The third-order valence-corrected chi connectivity index (χ3v) is 9.27. The van der Waals surface area contributed by atoms with Gasteiger partial charge in [-0.3, -0.25) is 4.98 Å². The number of aromatic nitrogens is 2. The van der Waals surface area contributed by atoms with Crippen molar-refractivity contribution in [1.29, 1.82) is 0 Å². The number of hydrogen-bond donors (Lipinski definition) is 0. The Bertz CT molecular complexity index is 4140. The Labute approximate surface area is 318 Å². The smallest absolute Gasteiger partial charge is 0.0972 e. The van der Waals surface area contributed by atoms with E-state index in [9.17, 15) is 5.48 Å². The molecule has 0 bridgehead atoms. The van der Waals surface area contributed by atoms with Crippen molar-refractivity contribution < 1.29 is 30.2 Å². The van der Waals surface area contributed by atoms with E-state index in [4.69, 9.17) is 29.7 Å². The minimum Gasteiger partial charge on any atom is -0.254 e. The fraction of sp³-hybridized carbons (Fsp3) is 0. The van der Waals surface area contributed by atoms with E-state index in [1.807, 2.05) is 0 Å². The molecule has 7 aromatic carbocycles. The predicted molar refractivity (Wildman–Crippen MR) is 209 cm³/mol. The number of pyridine rings is 2. The fourth-order valence-corrected chi connectivity index (χ4v) is 7.09. The van der Waals surface area contributed by atoms with Crippen molar-refractivity contribution in [2.24, 2.45) is 0 Å². The number of hydrogen-bond acceptors (Lipinski definition) is 3. The van der Waals surface area contributed by atoms with E-state index in [1.165, 1.54) is 12.1 Å². The Morgan fingerprint density at radius 3 is 1.86 bits per heavy atom. The van der Waals surface area contributed by atoms with Crippen LogP contribution in [0.5, 0.6) is 0 Å². The monoisotopic (exact) mass is 662 g/mol. The molecule has 228 valence electrons. The van der Waals surface area contributed by atoms with E-state index in [2.05, 4.69) is 4.98 Å². The summed E-state index contributed by atoms with van der Waals surface area (Å²) in [7, 11) is 0. The fourth-order valence-electron chi connectivity index (χ4n) is 5.96. The summed E-state index contributed by atoms with van der Waals surface area (Å²) in [5.74, 6) is 0. The summed E-state index contributed by atoms with van der Waals surface area (Å²) < 4.78 is 194. The van der Waals surface area contributed by atoms with Crippen LogP contribution in [-0.2, 0) is 0 Å². The average molecular weight is 663 g/mol. The molecule has 0 amide bonds. The van der Waals surface area contributed by atoms with Gasteiger partial charge in [-0.2, -0.15) is 0 Å². The van der Waals surface area contributed by atoms with Crippen LogP contribution >= 0.6 is 11.3 Å². The number of benzene rings is 7. The maximum Gasteiger partial charge on any atom is 0.0972 e. The Hall–Kier alpha value is -6.16. The molecule has 0 radical (unpaired) electrons. The van der Waals surface area contributed by atoms with Crippen molar-refractivity contribution in [2.45, 2.75) is 0 Å². The number of rotatable bonds is 4. The highest BCUT2D eigenvalue weighted by Gasteiger charge is 2.20. The van der Waals surface area contributed by atoms with Gasteiger partial charge in [-0.25, -0.2) is 4.98 Å². The van der Waals surface area contributed by atoms with Crippen LogP contribution in [0, 0.1) is 0 Å². The zero-order valence-electron chi connectivity index (χ0n) is 46.8. The second kappa shape index (κ2) is 11.2. The lowest BCUT2D eigenvalue weighted by Crippen LogP contribution is -1.91. The van der Waals surface area contributed by atoms with Crippen molar-refractivity contribution in [1.82, 2.24) is 9.97 Å². The molecule has 0 aliphatic carbocycles. The van der Waals surface area contributed by atoms with Crippen LogP contribution < -0.4 is 0 Å². The van der Waals surface area contributed by atoms with Gasteiger partial charge in [-0.1, -0.05) is 145 Å². The maximum absolute atomic E-state index is 10.0. The van der Waals surface area contributed by atoms with Crippen LogP contribution in [0.3, 0.4) is 0 Å². The first-order valence-electron chi connectivity index (χ1n) is 25.8. The first-order valence-corrected chi connectivity index (χ1v) is 15.6. The van der Waals surface area contributed by atoms with Gasteiger partial charge in [0.2, 0.25) is 0 Å². The Morgan fingerprint density at radius 2 is 1.06 bits per heavy atom. The topological polar surface area (TPSA) is 25.8 Å². The Morgan fingerprint density at radius 1 is 0.449 bits per heavy atom. The molecule has 0 spiro atoms. The van der Waals surface area contributed by atoms with E-state index < -0.39 is 144 Å². The predicted octanol–water partition coefficient (Wildman–Crippen LogP) is 13.0. The molecule has 3 heterocycles. The second-order valence-electron chi connectivity index (χ2n) is 10.8. The summed E-state index contributed by atoms with van der Waals surface area (Å²) in [6, 6.07) is -4.06. The number of nitrogens with zero attached hydrogens (tertiary/aromatic N) is 2. The first-order chi connectivity index (χ1) is 33.5. The molecule has 3 aromatic heterocycles. The molecule has 2 nitrogen and oxygen atoms in total. The summed E-state index contributed by atoms with van der Waals surface area (Å²) in [5, 5.41) is -1.43. The van der Waals surface area contributed by atoms with Gasteiger partial charge in [0.1, 0.15) is 0 Å². The summed E-state index contributed by atoms with van der Waals surface area (Å²) in [4.78, 5) is 8.54. The van der Waals surface area contributed by atoms with Gasteiger partial charge in [0.25, 0.3) is 0 Å². The van der Waals surface area contributed by atoms with Crippen molar-refractivity contribution >= 4 is 65.5 Å². The minimum absolute atomic E-state index is 0.0881. The molecule has 0 N–H and O–H groups in total. The molecular weight excluding hydrogens is 613 g/mol.